The zero-order valence-corrected chi connectivity index (χ0v) is 27.7. The van der Waals surface area contributed by atoms with Crippen molar-refractivity contribution in [2.45, 2.75) is 96.3 Å². The van der Waals surface area contributed by atoms with Crippen molar-refractivity contribution >= 4 is 41.4 Å². The topological polar surface area (TPSA) is 261 Å². The molecule has 0 aliphatic rings. The van der Waals surface area contributed by atoms with E-state index in [4.69, 9.17) is 17.2 Å². The number of nitrogens with one attached hydrogen (secondary N) is 2. The Labute approximate surface area is 275 Å². The zero-order chi connectivity index (χ0) is 35.7. The van der Waals surface area contributed by atoms with Crippen LogP contribution in [0.4, 0.5) is 0 Å². The molecule has 10 N–H and O–H groups in total. The van der Waals surface area contributed by atoms with Crippen molar-refractivity contribution < 1.29 is 39.0 Å². The third-order valence-electron chi connectivity index (χ3n) is 7.68. The molecule has 0 radical (unpaired) electrons. The van der Waals surface area contributed by atoms with Gasteiger partial charge in [-0.2, -0.15) is 0 Å². The molecule has 15 nitrogen and oxygen atoms in total. The highest BCUT2D eigenvalue weighted by Gasteiger charge is 2.35. The van der Waals surface area contributed by atoms with Crippen molar-refractivity contribution in [3.05, 3.63) is 35.9 Å². The number of ketones is 1. The highest BCUT2D eigenvalue weighted by Crippen LogP contribution is 2.17. The van der Waals surface area contributed by atoms with E-state index in [0.717, 1.165) is 5.56 Å². The minimum absolute atomic E-state index is 0.0881. The minimum Gasteiger partial charge on any atom is -0.481 e. The van der Waals surface area contributed by atoms with E-state index in [0.29, 0.717) is 19.3 Å². The van der Waals surface area contributed by atoms with Crippen LogP contribution < -0.4 is 27.8 Å². The van der Waals surface area contributed by atoms with E-state index in [1.54, 1.807) is 44.2 Å². The normalized spacial score (nSPS) is 14.2. The summed E-state index contributed by atoms with van der Waals surface area (Å²) in [5.41, 5.74) is 17.4. The van der Waals surface area contributed by atoms with Gasteiger partial charge in [-0.3, -0.25) is 33.8 Å². The van der Waals surface area contributed by atoms with Gasteiger partial charge in [-0.25, -0.2) is 0 Å². The lowest BCUT2D eigenvalue weighted by Gasteiger charge is -2.31. The lowest BCUT2D eigenvalue weighted by molar-refractivity contribution is -0.145. The highest BCUT2D eigenvalue weighted by atomic mass is 16.4. The first-order valence-electron chi connectivity index (χ1n) is 15.8. The van der Waals surface area contributed by atoms with Gasteiger partial charge in [0.2, 0.25) is 17.7 Å². The number of likely N-dealkylation sites (N-methyl/N-ethyl adjacent to an activating group) is 1. The van der Waals surface area contributed by atoms with Crippen LogP contribution in [0.25, 0.3) is 0 Å². The number of benzene rings is 1. The fraction of sp³-hybridized carbons (Fsp3) is 0.594. The second-order valence-corrected chi connectivity index (χ2v) is 11.9. The van der Waals surface area contributed by atoms with E-state index in [2.05, 4.69) is 15.6 Å². The number of amides is 3. The van der Waals surface area contributed by atoms with Crippen LogP contribution in [0.2, 0.25) is 0 Å². The lowest BCUT2D eigenvalue weighted by Crippen LogP contribution is -2.58. The lowest BCUT2D eigenvalue weighted by atomic mass is 9.89. The number of nitrogens with zero attached hydrogens (tertiary/aromatic N) is 2. The average Bonchev–Trinajstić information content (AvgIpc) is 3.00. The van der Waals surface area contributed by atoms with Gasteiger partial charge in [0.1, 0.15) is 12.1 Å². The number of guanidine groups is 1. The number of carbonyl (C=O) groups is 6. The Bertz CT molecular complexity index is 1240. The summed E-state index contributed by atoms with van der Waals surface area (Å²) >= 11 is 0. The molecule has 0 aliphatic carbocycles. The molecule has 0 bridgehead atoms. The molecular weight excluding hydrogens is 610 g/mol. The molecule has 1 aromatic rings. The Hall–Kier alpha value is -4.53. The van der Waals surface area contributed by atoms with Crippen molar-refractivity contribution in [2.75, 3.05) is 13.6 Å². The Kier molecular flexibility index (Phi) is 17.7. The molecular formula is C32H51N7O8. The molecule has 0 aromatic heterocycles. The molecule has 262 valence electrons. The number of hydrogen-bond donors (Lipinski definition) is 7. The van der Waals surface area contributed by atoms with E-state index in [1.165, 1.54) is 11.9 Å². The largest absolute Gasteiger partial charge is 0.481 e. The molecule has 0 fully saturated rings. The van der Waals surface area contributed by atoms with E-state index >= 15 is 0 Å². The smallest absolute Gasteiger partial charge is 0.307 e. The molecule has 15 heteroatoms. The molecule has 0 heterocycles. The number of aliphatic imine (C=N–C) groups is 1. The molecule has 3 amide bonds. The quantitative estimate of drug-likeness (QED) is 0.0508. The van der Waals surface area contributed by atoms with Gasteiger partial charge in [0, 0.05) is 20.0 Å². The number of hydrogen-bond acceptors (Lipinski definition) is 8. The van der Waals surface area contributed by atoms with Gasteiger partial charge in [0.15, 0.2) is 11.7 Å². The number of rotatable bonds is 22. The van der Waals surface area contributed by atoms with Crippen molar-refractivity contribution in [1.29, 1.82) is 0 Å². The summed E-state index contributed by atoms with van der Waals surface area (Å²) in [4.78, 5) is 82.1. The minimum atomic E-state index is -1.59. The van der Waals surface area contributed by atoms with Gasteiger partial charge in [0.25, 0.3) is 0 Å². The maximum atomic E-state index is 13.5. The fourth-order valence-electron chi connectivity index (χ4n) is 5.00. The highest BCUT2D eigenvalue weighted by molar-refractivity contribution is 5.97. The molecule has 5 atom stereocenters. The number of carbonyl (C=O) groups excluding carboxylic acids is 4. The average molecular weight is 662 g/mol. The van der Waals surface area contributed by atoms with Crippen molar-refractivity contribution in [1.82, 2.24) is 15.5 Å². The van der Waals surface area contributed by atoms with Crippen molar-refractivity contribution in [3.63, 3.8) is 0 Å². The Balaban J connectivity index is 3.11. The summed E-state index contributed by atoms with van der Waals surface area (Å²) in [7, 11) is 1.41. The van der Waals surface area contributed by atoms with Gasteiger partial charge in [-0.15, -0.1) is 0 Å². The summed E-state index contributed by atoms with van der Waals surface area (Å²) in [6.45, 7) is 5.47. The Morgan fingerprint density at radius 3 is 2.09 bits per heavy atom. The second kappa shape index (κ2) is 20.6. The van der Waals surface area contributed by atoms with E-state index in [-0.39, 0.29) is 38.2 Å². The fourth-order valence-corrected chi connectivity index (χ4v) is 5.00. The van der Waals surface area contributed by atoms with Crippen LogP contribution in [0, 0.1) is 11.8 Å². The molecule has 0 saturated carbocycles. The molecule has 0 aliphatic heterocycles. The van der Waals surface area contributed by atoms with Crippen LogP contribution in [-0.4, -0.2) is 94.3 Å². The maximum Gasteiger partial charge on any atom is 0.307 e. The molecule has 1 rings (SSSR count). The van der Waals surface area contributed by atoms with Crippen LogP contribution in [0.1, 0.15) is 71.3 Å². The molecule has 47 heavy (non-hydrogen) atoms. The standard InChI is InChI=1S/C32H51N7O8/c1-5-6-14-24(39(4)30(45)22(33)13-10-15-36-32(34)35)29(44)37-23(18-26(41)42)28(43)38-27(19(2)3)25(40)17-21(31(46)47)16-20-11-8-7-9-12-20/h7-9,11-12,19,21-24,27H,5-6,10,13-18,33H2,1-4H3,(H,37,44)(H,38,43)(H,41,42)(H,46,47)(H4,34,35,36)/t21-,22-,23-,24-,27-/m0/s1. The van der Waals surface area contributed by atoms with Gasteiger partial charge < -0.3 is 42.9 Å². The van der Waals surface area contributed by atoms with Crippen molar-refractivity contribution in [3.8, 4) is 0 Å². The summed E-state index contributed by atoms with van der Waals surface area (Å²) in [5, 5.41) is 24.3. The maximum absolute atomic E-state index is 13.5. The first kappa shape index (κ1) is 40.5. The van der Waals surface area contributed by atoms with E-state index in [1.807, 2.05) is 6.92 Å². The van der Waals surface area contributed by atoms with Crippen LogP contribution in [0.5, 0.6) is 0 Å². The van der Waals surface area contributed by atoms with Gasteiger partial charge >= 0.3 is 11.9 Å². The molecule has 0 saturated heterocycles. The third-order valence-corrected chi connectivity index (χ3v) is 7.68. The first-order valence-corrected chi connectivity index (χ1v) is 15.8. The summed E-state index contributed by atoms with van der Waals surface area (Å²) in [6.07, 6.45) is 1.04. The number of carboxylic acids is 2. The van der Waals surface area contributed by atoms with Crippen LogP contribution in [0.3, 0.4) is 0 Å². The monoisotopic (exact) mass is 661 g/mol. The summed E-state index contributed by atoms with van der Waals surface area (Å²) in [6, 6.07) is 4.06. The molecule has 0 unspecified atom stereocenters. The number of nitrogens with two attached hydrogens (primary N) is 3. The predicted octanol–water partition coefficient (Wildman–Crippen LogP) is 0.388. The zero-order valence-electron chi connectivity index (χ0n) is 27.7. The van der Waals surface area contributed by atoms with Crippen molar-refractivity contribution in [2.24, 2.45) is 34.0 Å². The van der Waals surface area contributed by atoms with Crippen LogP contribution >= 0.6 is 0 Å². The number of Topliss-reactive ketones (excluding diaryl/α,β-unsaturated/α-hetero) is 1. The van der Waals surface area contributed by atoms with E-state index < -0.39 is 77.9 Å². The SMILES string of the molecule is CCCC[C@@H](C(=O)N[C@@H](CC(=O)O)C(=O)N[C@H](C(=O)C[C@H](Cc1ccccc1)C(=O)O)C(C)C)N(C)C(=O)[C@@H](N)CCCN=C(N)N. The second-order valence-electron chi connectivity index (χ2n) is 11.9. The van der Waals surface area contributed by atoms with Crippen LogP contribution in [-0.2, 0) is 35.2 Å². The number of aliphatic carboxylic acids is 2. The number of carboxylic acid groups (broad SMARTS) is 2. The van der Waals surface area contributed by atoms with Gasteiger partial charge in [0.05, 0.1) is 24.4 Å². The summed E-state index contributed by atoms with van der Waals surface area (Å²) < 4.78 is 0. The Morgan fingerprint density at radius 1 is 0.915 bits per heavy atom. The van der Waals surface area contributed by atoms with E-state index in [9.17, 15) is 39.0 Å². The molecule has 0 spiro atoms. The van der Waals surface area contributed by atoms with Crippen LogP contribution in [0.15, 0.2) is 35.3 Å². The summed E-state index contributed by atoms with van der Waals surface area (Å²) in [5.74, 6) is -6.93. The Morgan fingerprint density at radius 2 is 1.55 bits per heavy atom. The van der Waals surface area contributed by atoms with Gasteiger partial charge in [-0.1, -0.05) is 63.9 Å². The predicted molar refractivity (Wildman–Crippen MR) is 176 cm³/mol. The van der Waals surface area contributed by atoms with Gasteiger partial charge in [-0.05, 0) is 37.2 Å². The third kappa shape index (κ3) is 14.6. The number of unbranched alkanes of at least 4 members (excludes halogenated alkanes) is 1. The first-order chi connectivity index (χ1) is 22.1. The molecule has 1 aromatic carbocycles.